The number of nitrogens with zero attached hydrogens (tertiary/aromatic N) is 1. The molecule has 218 valence electrons. The van der Waals surface area contributed by atoms with Crippen molar-refractivity contribution in [1.29, 1.82) is 0 Å². The van der Waals surface area contributed by atoms with E-state index in [-0.39, 0.29) is 18.5 Å². The molecule has 0 atom stereocenters. The van der Waals surface area contributed by atoms with Gasteiger partial charge in [0.25, 0.3) is 0 Å². The molecular weight excluding hydrogens is 546 g/mol. The molecule has 0 unspecified atom stereocenters. The number of methoxy groups -OCH3 is 5. The van der Waals surface area contributed by atoms with Gasteiger partial charge in [-0.25, -0.2) is 4.98 Å². The maximum absolute atomic E-state index is 6.64. The highest BCUT2D eigenvalue weighted by atomic mass is 35.5. The number of piperidine rings is 1. The van der Waals surface area contributed by atoms with E-state index in [2.05, 4.69) is 15.6 Å². The van der Waals surface area contributed by atoms with Crippen molar-refractivity contribution in [2.45, 2.75) is 18.9 Å². The molecule has 10 heteroatoms. The van der Waals surface area contributed by atoms with Gasteiger partial charge in [0.05, 0.1) is 35.5 Å². The minimum atomic E-state index is 0. The molecule has 0 amide bonds. The molecule has 2 N–H and O–H groups in total. The lowest BCUT2D eigenvalue weighted by Crippen LogP contribution is -2.34. The Morgan fingerprint density at radius 2 is 1.39 bits per heavy atom. The highest BCUT2D eigenvalue weighted by molar-refractivity contribution is 6.01. The molecule has 1 aliphatic rings. The third kappa shape index (κ3) is 6.31. The van der Waals surface area contributed by atoms with Gasteiger partial charge in [0.15, 0.2) is 23.0 Å². The third-order valence-corrected chi connectivity index (χ3v) is 7.05. The quantitative estimate of drug-likeness (QED) is 0.226. The minimum absolute atomic E-state index is 0. The summed E-state index contributed by atoms with van der Waals surface area (Å²) in [5, 5.41) is 8.75. The first-order valence-corrected chi connectivity index (χ1v) is 13.2. The third-order valence-electron chi connectivity index (χ3n) is 7.05. The number of hydrogen-bond acceptors (Lipinski definition) is 9. The standard InChI is InChI=1S/C31H35N3O6.ClH/c1-35-24-9-7-21(16-26(24)36-2)34-29-17-23-19(18-33-29)6-8-25(40-22-10-12-32-13-11-22)30(23)20-14-27(37-3)31(39-5)28(15-20)38-4;/h6-9,14-18,22,32H,10-13H2,1-5H3,(H,33,34);1H. The van der Waals surface area contributed by atoms with Crippen LogP contribution in [0.5, 0.6) is 34.5 Å². The summed E-state index contributed by atoms with van der Waals surface area (Å²) in [5.41, 5.74) is 2.63. The molecule has 4 aromatic rings. The normalized spacial score (nSPS) is 13.2. The second-order valence-electron chi connectivity index (χ2n) is 9.41. The fraction of sp³-hybridized carbons (Fsp3) is 0.323. The molecule has 9 nitrogen and oxygen atoms in total. The van der Waals surface area contributed by atoms with Crippen molar-refractivity contribution in [2.24, 2.45) is 0 Å². The van der Waals surface area contributed by atoms with Crippen molar-refractivity contribution in [3.8, 4) is 45.6 Å². The summed E-state index contributed by atoms with van der Waals surface area (Å²) in [4.78, 5) is 4.67. The molecule has 0 saturated carbocycles. The molecule has 1 aliphatic heterocycles. The van der Waals surface area contributed by atoms with E-state index in [1.807, 2.05) is 54.7 Å². The van der Waals surface area contributed by atoms with Gasteiger partial charge in [0.1, 0.15) is 17.7 Å². The first kappa shape index (κ1) is 29.9. The van der Waals surface area contributed by atoms with Crippen molar-refractivity contribution in [2.75, 3.05) is 54.0 Å². The molecule has 1 fully saturated rings. The fourth-order valence-corrected chi connectivity index (χ4v) is 5.04. The summed E-state index contributed by atoms with van der Waals surface area (Å²) in [6.07, 6.45) is 3.85. The minimum Gasteiger partial charge on any atom is -0.493 e. The predicted molar refractivity (Wildman–Crippen MR) is 163 cm³/mol. The first-order valence-electron chi connectivity index (χ1n) is 13.2. The molecule has 0 spiro atoms. The summed E-state index contributed by atoms with van der Waals surface area (Å²) in [6, 6.07) is 15.6. The van der Waals surface area contributed by atoms with Crippen LogP contribution in [0.4, 0.5) is 11.5 Å². The van der Waals surface area contributed by atoms with Crippen molar-refractivity contribution in [1.82, 2.24) is 10.3 Å². The molecule has 41 heavy (non-hydrogen) atoms. The molecule has 5 rings (SSSR count). The lowest BCUT2D eigenvalue weighted by atomic mass is 9.97. The van der Waals surface area contributed by atoms with Crippen molar-refractivity contribution in [3.63, 3.8) is 0 Å². The number of fused-ring (bicyclic) bond motifs is 1. The van der Waals surface area contributed by atoms with Crippen LogP contribution in [0.15, 0.2) is 54.7 Å². The van der Waals surface area contributed by atoms with Crippen LogP contribution in [-0.2, 0) is 0 Å². The number of nitrogens with one attached hydrogen (secondary N) is 2. The van der Waals surface area contributed by atoms with Crippen LogP contribution in [0, 0.1) is 0 Å². The van der Waals surface area contributed by atoms with E-state index >= 15 is 0 Å². The lowest BCUT2D eigenvalue weighted by Gasteiger charge is -2.26. The highest BCUT2D eigenvalue weighted by Gasteiger charge is 2.22. The van der Waals surface area contributed by atoms with E-state index in [0.717, 1.165) is 59.3 Å². The summed E-state index contributed by atoms with van der Waals surface area (Å²) in [6.45, 7) is 1.86. The van der Waals surface area contributed by atoms with Gasteiger partial charge in [-0.2, -0.15) is 0 Å². The van der Waals surface area contributed by atoms with Crippen LogP contribution in [-0.4, -0.2) is 59.7 Å². The molecular formula is C31H36ClN3O6. The van der Waals surface area contributed by atoms with E-state index in [0.29, 0.717) is 34.6 Å². The van der Waals surface area contributed by atoms with Gasteiger partial charge in [-0.3, -0.25) is 0 Å². The number of hydrogen-bond donors (Lipinski definition) is 2. The fourth-order valence-electron chi connectivity index (χ4n) is 5.04. The highest BCUT2D eigenvalue weighted by Crippen LogP contribution is 2.46. The van der Waals surface area contributed by atoms with Crippen LogP contribution in [0.25, 0.3) is 21.9 Å². The Bertz CT molecular complexity index is 1470. The Balaban J connectivity index is 0.00000387. The van der Waals surface area contributed by atoms with Gasteiger partial charge in [-0.15, -0.1) is 12.4 Å². The Morgan fingerprint density at radius 3 is 2.02 bits per heavy atom. The molecule has 0 radical (unpaired) electrons. The van der Waals surface area contributed by atoms with Crippen molar-refractivity contribution < 1.29 is 28.4 Å². The smallest absolute Gasteiger partial charge is 0.203 e. The number of anilines is 2. The Labute approximate surface area is 246 Å². The number of pyridine rings is 1. The van der Waals surface area contributed by atoms with Gasteiger partial charge < -0.3 is 39.1 Å². The first-order chi connectivity index (χ1) is 19.6. The van der Waals surface area contributed by atoms with Gasteiger partial charge >= 0.3 is 0 Å². The average molecular weight is 582 g/mol. The largest absolute Gasteiger partial charge is 0.493 e. The lowest BCUT2D eigenvalue weighted by molar-refractivity contribution is 0.163. The van der Waals surface area contributed by atoms with E-state index in [1.54, 1.807) is 35.5 Å². The van der Waals surface area contributed by atoms with Gasteiger partial charge in [0, 0.05) is 28.9 Å². The zero-order valence-electron chi connectivity index (χ0n) is 23.9. The maximum atomic E-state index is 6.64. The van der Waals surface area contributed by atoms with Crippen LogP contribution >= 0.6 is 12.4 Å². The monoisotopic (exact) mass is 581 g/mol. The van der Waals surface area contributed by atoms with Gasteiger partial charge in [-0.1, -0.05) is 0 Å². The Hall–Kier alpha value is -4.08. The van der Waals surface area contributed by atoms with E-state index < -0.39 is 0 Å². The SMILES string of the molecule is COc1ccc(Nc2cc3c(-c4cc(OC)c(OC)c(OC)c4)c(OC4CCNCC4)ccc3cn2)cc1OC.Cl. The molecule has 0 aliphatic carbocycles. The molecule has 1 aromatic heterocycles. The van der Waals surface area contributed by atoms with Crippen LogP contribution in [0.2, 0.25) is 0 Å². The average Bonchev–Trinajstić information content (AvgIpc) is 3.00. The van der Waals surface area contributed by atoms with Gasteiger partial charge in [0.2, 0.25) is 5.75 Å². The number of halogens is 1. The van der Waals surface area contributed by atoms with E-state index in [4.69, 9.17) is 28.4 Å². The molecule has 1 saturated heterocycles. The maximum Gasteiger partial charge on any atom is 0.203 e. The summed E-state index contributed by atoms with van der Waals surface area (Å²) in [7, 11) is 8.06. The number of benzene rings is 3. The van der Waals surface area contributed by atoms with Crippen molar-refractivity contribution in [3.05, 3.63) is 54.7 Å². The van der Waals surface area contributed by atoms with Crippen LogP contribution in [0.1, 0.15) is 12.8 Å². The molecule has 2 heterocycles. The Kier molecular flexibility index (Phi) is 9.86. The summed E-state index contributed by atoms with van der Waals surface area (Å²) in [5.74, 6) is 4.42. The topological polar surface area (TPSA) is 92.3 Å². The molecule has 3 aromatic carbocycles. The second kappa shape index (κ2) is 13.5. The number of rotatable bonds is 10. The Morgan fingerprint density at radius 1 is 0.732 bits per heavy atom. The second-order valence-corrected chi connectivity index (χ2v) is 9.41. The zero-order chi connectivity index (χ0) is 28.1. The van der Waals surface area contributed by atoms with E-state index in [9.17, 15) is 0 Å². The summed E-state index contributed by atoms with van der Waals surface area (Å²) < 4.78 is 34.4. The van der Waals surface area contributed by atoms with Crippen LogP contribution in [0.3, 0.4) is 0 Å². The van der Waals surface area contributed by atoms with Gasteiger partial charge in [-0.05, 0) is 79.3 Å². The number of ether oxygens (including phenoxy) is 6. The summed E-state index contributed by atoms with van der Waals surface area (Å²) >= 11 is 0. The predicted octanol–water partition coefficient (Wildman–Crippen LogP) is 6.24. The number of aromatic nitrogens is 1. The zero-order valence-corrected chi connectivity index (χ0v) is 24.7. The van der Waals surface area contributed by atoms with Crippen LogP contribution < -0.4 is 39.1 Å². The molecule has 0 bridgehead atoms. The van der Waals surface area contributed by atoms with Crippen molar-refractivity contribution >= 4 is 34.7 Å². The van der Waals surface area contributed by atoms with E-state index in [1.165, 1.54) is 0 Å².